The van der Waals surface area contributed by atoms with Gasteiger partial charge in [-0.15, -0.1) is 0 Å². The second-order valence-corrected chi connectivity index (χ2v) is 2.47. The summed E-state index contributed by atoms with van der Waals surface area (Å²) < 4.78 is 0. The van der Waals surface area contributed by atoms with Gasteiger partial charge in [0.05, 0.1) is 0 Å². The molecule has 0 aromatic carbocycles. The molecule has 0 aliphatic rings. The van der Waals surface area contributed by atoms with Crippen molar-refractivity contribution in [2.75, 3.05) is 0 Å². The fourth-order valence-electron chi connectivity index (χ4n) is 1.11. The van der Waals surface area contributed by atoms with Crippen molar-refractivity contribution in [2.24, 2.45) is 0 Å². The third kappa shape index (κ3) is 3.12. The summed E-state index contributed by atoms with van der Waals surface area (Å²) in [7, 11) is 0. The third-order valence-corrected chi connectivity index (χ3v) is 1.85. The Kier molecular flexibility index (Phi) is 5.25. The molecule has 0 bridgehead atoms. The van der Waals surface area contributed by atoms with Crippen LogP contribution in [0.15, 0.2) is 0 Å². The smallest absolute Gasteiger partial charge is 0.0770 e. The molecular weight excluding hydrogens is 94.9 g/mol. The summed E-state index contributed by atoms with van der Waals surface area (Å²) in [5, 5.41) is 0. The molecule has 0 saturated carbocycles. The number of rotatable bonds is 4. The molecule has 8 heavy (non-hydrogen) atoms. The van der Waals surface area contributed by atoms with Gasteiger partial charge in [-0.1, -0.05) is 46.2 Å². The monoisotopic (exact) mass is 112 g/mol. The molecule has 0 rings (SSSR count). The average molecular weight is 112 g/mol. The van der Waals surface area contributed by atoms with Crippen molar-refractivity contribution in [2.45, 2.75) is 46.2 Å². The van der Waals surface area contributed by atoms with E-state index in [1.165, 1.54) is 25.4 Å². The number of hydrogen-bond donors (Lipinski definition) is 0. The molecule has 0 heterocycles. The molecule has 0 aliphatic carbocycles. The lowest BCUT2D eigenvalue weighted by molar-refractivity contribution is 1.04. The Labute approximate surface area is 53.8 Å². The zero-order valence-electron chi connectivity index (χ0n) is 6.41. The van der Waals surface area contributed by atoms with Crippen LogP contribution in [0.1, 0.15) is 27.2 Å². The van der Waals surface area contributed by atoms with Gasteiger partial charge in [-0.2, -0.15) is 0 Å². The normalized spacial score (nSPS) is 9.38. The first-order valence-electron chi connectivity index (χ1n) is 3.85. The molecule has 0 amide bonds. The Hall–Kier alpha value is 0.0649. The molecule has 1 heteroatoms. The maximum absolute atomic E-state index is 2.28. The summed E-state index contributed by atoms with van der Waals surface area (Å²) in [6.07, 6.45) is 5.51. The predicted octanol–water partition coefficient (Wildman–Crippen LogP) is 2.93. The zero-order chi connectivity index (χ0) is 6.41. The highest BCUT2D eigenvalue weighted by molar-refractivity contribution is 6.58. The van der Waals surface area contributed by atoms with Crippen molar-refractivity contribution in [3.05, 3.63) is 0 Å². The van der Waals surface area contributed by atoms with E-state index in [1.54, 1.807) is 0 Å². The summed E-state index contributed by atoms with van der Waals surface area (Å²) in [6.45, 7) is 7.83. The summed E-state index contributed by atoms with van der Waals surface area (Å²) in [5.74, 6) is 0. The van der Waals surface area contributed by atoms with Gasteiger partial charge in [0.1, 0.15) is 6.71 Å². The van der Waals surface area contributed by atoms with Gasteiger partial charge < -0.3 is 0 Å². The maximum Gasteiger partial charge on any atom is 0.139 e. The Morgan fingerprint density at radius 3 is 1.62 bits per heavy atom. The Morgan fingerprint density at radius 2 is 1.50 bits per heavy atom. The molecule has 0 radical (unpaired) electrons. The summed E-state index contributed by atoms with van der Waals surface area (Å²) >= 11 is 0. The minimum Gasteiger partial charge on any atom is -0.0770 e. The van der Waals surface area contributed by atoms with Crippen LogP contribution in [-0.4, -0.2) is 6.71 Å². The summed E-state index contributed by atoms with van der Waals surface area (Å²) in [6, 6.07) is 0. The lowest BCUT2D eigenvalue weighted by Crippen LogP contribution is -2.06. The highest BCUT2D eigenvalue weighted by Crippen LogP contribution is 2.05. The molecule has 0 fully saturated rings. The zero-order valence-corrected chi connectivity index (χ0v) is 6.41. The van der Waals surface area contributed by atoms with Crippen LogP contribution in [0.4, 0.5) is 0 Å². The molecule has 0 unspecified atom stereocenters. The van der Waals surface area contributed by atoms with E-state index in [0.29, 0.717) is 0 Å². The van der Waals surface area contributed by atoms with Gasteiger partial charge in [-0.05, 0) is 0 Å². The van der Waals surface area contributed by atoms with Gasteiger partial charge in [0.15, 0.2) is 0 Å². The lowest BCUT2D eigenvalue weighted by Gasteiger charge is -2.03. The van der Waals surface area contributed by atoms with Gasteiger partial charge in [-0.25, -0.2) is 0 Å². The van der Waals surface area contributed by atoms with Gasteiger partial charge in [-0.3, -0.25) is 0 Å². The average Bonchev–Trinajstić information content (AvgIpc) is 1.83. The standard InChI is InChI=1S/C7H17B/c1-4-7-8(5-2)6-3/h4-7H2,1-3H3. The topological polar surface area (TPSA) is 0 Å². The van der Waals surface area contributed by atoms with Gasteiger partial charge in [0.25, 0.3) is 0 Å². The Morgan fingerprint density at radius 1 is 1.00 bits per heavy atom. The molecule has 0 spiro atoms. The van der Waals surface area contributed by atoms with E-state index < -0.39 is 0 Å². The highest BCUT2D eigenvalue weighted by atomic mass is 13.7. The minimum atomic E-state index is 1.000. The van der Waals surface area contributed by atoms with Crippen molar-refractivity contribution in [1.29, 1.82) is 0 Å². The van der Waals surface area contributed by atoms with Gasteiger partial charge in [0.2, 0.25) is 0 Å². The highest BCUT2D eigenvalue weighted by Gasteiger charge is 2.04. The van der Waals surface area contributed by atoms with Crippen molar-refractivity contribution in [3.63, 3.8) is 0 Å². The van der Waals surface area contributed by atoms with Crippen LogP contribution in [0.5, 0.6) is 0 Å². The van der Waals surface area contributed by atoms with Crippen LogP contribution >= 0.6 is 0 Å². The van der Waals surface area contributed by atoms with E-state index in [9.17, 15) is 0 Å². The van der Waals surface area contributed by atoms with Crippen molar-refractivity contribution in [3.8, 4) is 0 Å². The Balaban J connectivity index is 3.07. The second kappa shape index (κ2) is 5.21. The lowest BCUT2D eigenvalue weighted by atomic mass is 9.43. The molecular formula is C7H17B. The van der Waals surface area contributed by atoms with E-state index in [4.69, 9.17) is 0 Å². The molecule has 0 nitrogen and oxygen atoms in total. The van der Waals surface area contributed by atoms with E-state index in [0.717, 1.165) is 6.71 Å². The fourth-order valence-corrected chi connectivity index (χ4v) is 1.11. The first-order valence-corrected chi connectivity index (χ1v) is 3.85. The SMILES string of the molecule is CCCB(CC)CC. The van der Waals surface area contributed by atoms with Gasteiger partial charge in [0, 0.05) is 0 Å². The van der Waals surface area contributed by atoms with E-state index in [2.05, 4.69) is 20.8 Å². The third-order valence-electron chi connectivity index (χ3n) is 1.85. The molecule has 0 aromatic rings. The minimum absolute atomic E-state index is 1.000. The summed E-state index contributed by atoms with van der Waals surface area (Å²) in [5.41, 5.74) is 0. The van der Waals surface area contributed by atoms with Crippen LogP contribution in [0, 0.1) is 0 Å². The maximum atomic E-state index is 2.28. The quantitative estimate of drug-likeness (QED) is 0.490. The Bertz CT molecular complexity index is 39.7. The van der Waals surface area contributed by atoms with Crippen molar-refractivity contribution in [1.82, 2.24) is 0 Å². The molecule has 0 saturated heterocycles. The van der Waals surface area contributed by atoms with Crippen molar-refractivity contribution >= 4 is 6.71 Å². The first-order chi connectivity index (χ1) is 3.85. The van der Waals surface area contributed by atoms with E-state index in [-0.39, 0.29) is 0 Å². The fraction of sp³-hybridized carbons (Fsp3) is 1.00. The van der Waals surface area contributed by atoms with Crippen molar-refractivity contribution < 1.29 is 0 Å². The van der Waals surface area contributed by atoms with E-state index in [1.807, 2.05) is 0 Å². The molecule has 0 aliphatic heterocycles. The molecule has 48 valence electrons. The largest absolute Gasteiger partial charge is 0.139 e. The van der Waals surface area contributed by atoms with Crippen LogP contribution < -0.4 is 0 Å². The van der Waals surface area contributed by atoms with Crippen LogP contribution in [0.25, 0.3) is 0 Å². The summed E-state index contributed by atoms with van der Waals surface area (Å²) in [4.78, 5) is 0. The van der Waals surface area contributed by atoms with E-state index >= 15 is 0 Å². The van der Waals surface area contributed by atoms with Gasteiger partial charge >= 0.3 is 0 Å². The van der Waals surface area contributed by atoms with Crippen LogP contribution in [0.2, 0.25) is 19.0 Å². The predicted molar refractivity (Wildman–Crippen MR) is 41.8 cm³/mol. The van der Waals surface area contributed by atoms with Crippen LogP contribution in [-0.2, 0) is 0 Å². The molecule has 0 aromatic heterocycles. The first kappa shape index (κ1) is 8.06. The van der Waals surface area contributed by atoms with Crippen LogP contribution in [0.3, 0.4) is 0 Å². The molecule has 0 atom stereocenters. The molecule has 0 N–H and O–H groups in total. The number of hydrogen-bond acceptors (Lipinski definition) is 0. The second-order valence-electron chi connectivity index (χ2n) is 2.47.